The maximum absolute atomic E-state index is 12.5. The molecule has 7 nitrogen and oxygen atoms in total. The van der Waals surface area contributed by atoms with E-state index < -0.39 is 0 Å². The van der Waals surface area contributed by atoms with Crippen molar-refractivity contribution in [2.24, 2.45) is 7.05 Å². The number of aryl methyl sites for hydroxylation is 2. The van der Waals surface area contributed by atoms with E-state index in [0.717, 1.165) is 40.1 Å². The Morgan fingerprint density at radius 1 is 1.27 bits per heavy atom. The van der Waals surface area contributed by atoms with Crippen LogP contribution in [0.2, 0.25) is 0 Å². The van der Waals surface area contributed by atoms with Crippen LogP contribution in [0.25, 0.3) is 11.0 Å². The number of hydrogen-bond acceptors (Lipinski definition) is 4. The summed E-state index contributed by atoms with van der Waals surface area (Å²) in [6.07, 6.45) is 1.23. The Morgan fingerprint density at radius 2 is 2.03 bits per heavy atom. The van der Waals surface area contributed by atoms with E-state index in [4.69, 9.17) is 9.47 Å². The molecule has 30 heavy (non-hydrogen) atoms. The molecule has 2 aromatic carbocycles. The van der Waals surface area contributed by atoms with Crippen molar-refractivity contribution < 1.29 is 14.3 Å². The van der Waals surface area contributed by atoms with Crippen LogP contribution in [-0.4, -0.2) is 27.8 Å². The van der Waals surface area contributed by atoms with Gasteiger partial charge in [-0.25, -0.2) is 4.79 Å². The van der Waals surface area contributed by atoms with E-state index >= 15 is 0 Å². The molecule has 3 aromatic rings. The van der Waals surface area contributed by atoms with E-state index in [1.807, 2.05) is 50.2 Å². The summed E-state index contributed by atoms with van der Waals surface area (Å²) in [6.45, 7) is 5.21. The van der Waals surface area contributed by atoms with E-state index in [1.54, 1.807) is 16.2 Å². The maximum Gasteiger partial charge on any atom is 0.328 e. The van der Waals surface area contributed by atoms with Gasteiger partial charge in [0.05, 0.1) is 17.6 Å². The van der Waals surface area contributed by atoms with Crippen LogP contribution >= 0.6 is 0 Å². The molecule has 1 aromatic heterocycles. The lowest BCUT2D eigenvalue weighted by atomic mass is 10.1. The molecule has 4 rings (SSSR count). The fourth-order valence-corrected chi connectivity index (χ4v) is 3.98. The topological polar surface area (TPSA) is 74.5 Å². The van der Waals surface area contributed by atoms with Crippen LogP contribution in [0.1, 0.15) is 31.4 Å². The minimum Gasteiger partial charge on any atom is -0.494 e. The predicted octanol–water partition coefficient (Wildman–Crippen LogP) is 2.77. The highest BCUT2D eigenvalue weighted by Crippen LogP contribution is 2.35. The molecule has 0 saturated carbocycles. The number of carbonyl (C=O) groups is 1. The lowest BCUT2D eigenvalue weighted by Crippen LogP contribution is -2.27. The third-order valence-electron chi connectivity index (χ3n) is 5.47. The Bertz CT molecular complexity index is 1150. The molecule has 0 aliphatic carbocycles. The van der Waals surface area contributed by atoms with Crippen molar-refractivity contribution in [3.63, 3.8) is 0 Å². The van der Waals surface area contributed by atoms with E-state index in [1.165, 1.54) is 0 Å². The van der Waals surface area contributed by atoms with Crippen LogP contribution in [0.4, 0.5) is 0 Å². The van der Waals surface area contributed by atoms with Gasteiger partial charge in [-0.1, -0.05) is 12.1 Å². The minimum absolute atomic E-state index is 0.118. The normalized spacial score (nSPS) is 15.1. The number of rotatable bonds is 7. The van der Waals surface area contributed by atoms with Gasteiger partial charge in [0.25, 0.3) is 0 Å². The minimum atomic E-state index is -0.118. The second-order valence-electron chi connectivity index (χ2n) is 7.64. The quantitative estimate of drug-likeness (QED) is 0.651. The zero-order chi connectivity index (χ0) is 21.3. The van der Waals surface area contributed by atoms with Crippen molar-refractivity contribution >= 4 is 16.9 Å². The second kappa shape index (κ2) is 8.26. The SMILES string of the molecule is CCOc1cc2c(cc1CNC(=O)CCn1c(=O)n(C)c3ccccc31)O[C@H](C)C2. The van der Waals surface area contributed by atoms with Crippen molar-refractivity contribution in [3.8, 4) is 11.5 Å². The molecule has 1 aliphatic heterocycles. The third kappa shape index (κ3) is 3.79. The highest BCUT2D eigenvalue weighted by atomic mass is 16.5. The number of nitrogens with zero attached hydrogens (tertiary/aromatic N) is 2. The van der Waals surface area contributed by atoms with Crippen molar-refractivity contribution in [2.45, 2.75) is 45.9 Å². The Kier molecular flexibility index (Phi) is 5.53. The summed E-state index contributed by atoms with van der Waals surface area (Å²) in [5, 5.41) is 2.95. The summed E-state index contributed by atoms with van der Waals surface area (Å²) >= 11 is 0. The molecular formula is C23H27N3O4. The number of ether oxygens (including phenoxy) is 2. The number of fused-ring (bicyclic) bond motifs is 2. The number of carbonyl (C=O) groups excluding carboxylic acids is 1. The maximum atomic E-state index is 12.5. The number of amides is 1. The van der Waals surface area contributed by atoms with E-state index in [-0.39, 0.29) is 24.1 Å². The van der Waals surface area contributed by atoms with E-state index in [9.17, 15) is 9.59 Å². The average Bonchev–Trinajstić information content (AvgIpc) is 3.21. The Hall–Kier alpha value is -3.22. The molecule has 0 fully saturated rings. The van der Waals surface area contributed by atoms with Gasteiger partial charge < -0.3 is 14.8 Å². The van der Waals surface area contributed by atoms with Crippen LogP contribution in [0.5, 0.6) is 11.5 Å². The van der Waals surface area contributed by atoms with Crippen molar-refractivity contribution in [1.82, 2.24) is 14.5 Å². The number of nitrogens with one attached hydrogen (secondary N) is 1. The first kappa shape index (κ1) is 20.1. The van der Waals surface area contributed by atoms with Crippen LogP contribution in [-0.2, 0) is 31.4 Å². The number of para-hydroxylation sites is 2. The first-order chi connectivity index (χ1) is 14.5. The van der Waals surface area contributed by atoms with Gasteiger partial charge in [0, 0.05) is 44.1 Å². The Balaban J connectivity index is 1.43. The fourth-order valence-electron chi connectivity index (χ4n) is 3.98. The van der Waals surface area contributed by atoms with Gasteiger partial charge in [-0.2, -0.15) is 0 Å². The molecule has 2 heterocycles. The molecular weight excluding hydrogens is 382 g/mol. The lowest BCUT2D eigenvalue weighted by molar-refractivity contribution is -0.121. The lowest BCUT2D eigenvalue weighted by Gasteiger charge is -2.13. The van der Waals surface area contributed by atoms with Crippen molar-refractivity contribution in [3.05, 3.63) is 58.0 Å². The zero-order valence-electron chi connectivity index (χ0n) is 17.6. The monoisotopic (exact) mass is 409 g/mol. The van der Waals surface area contributed by atoms with Gasteiger partial charge >= 0.3 is 5.69 Å². The molecule has 0 unspecified atom stereocenters. The molecule has 1 N–H and O–H groups in total. The predicted molar refractivity (Wildman–Crippen MR) is 115 cm³/mol. The smallest absolute Gasteiger partial charge is 0.328 e. The van der Waals surface area contributed by atoms with Gasteiger partial charge in [0.1, 0.15) is 17.6 Å². The molecule has 0 spiro atoms. The molecule has 1 aliphatic rings. The first-order valence-electron chi connectivity index (χ1n) is 10.3. The number of imidazole rings is 1. The summed E-state index contributed by atoms with van der Waals surface area (Å²) < 4.78 is 14.9. The third-order valence-corrected chi connectivity index (χ3v) is 5.47. The van der Waals surface area contributed by atoms with Gasteiger partial charge in [-0.15, -0.1) is 0 Å². The summed E-state index contributed by atoms with van der Waals surface area (Å²) in [6, 6.07) is 11.6. The van der Waals surface area contributed by atoms with E-state index in [2.05, 4.69) is 5.32 Å². The van der Waals surface area contributed by atoms with Gasteiger partial charge in [-0.3, -0.25) is 13.9 Å². The molecule has 1 amide bonds. The van der Waals surface area contributed by atoms with Gasteiger partial charge in [0.2, 0.25) is 5.91 Å². The summed E-state index contributed by atoms with van der Waals surface area (Å²) in [4.78, 5) is 25.0. The average molecular weight is 409 g/mol. The number of aromatic nitrogens is 2. The summed E-state index contributed by atoms with van der Waals surface area (Å²) in [5.74, 6) is 1.52. The Morgan fingerprint density at radius 3 is 2.80 bits per heavy atom. The first-order valence-corrected chi connectivity index (χ1v) is 10.3. The van der Waals surface area contributed by atoms with Crippen molar-refractivity contribution in [2.75, 3.05) is 6.61 Å². The summed E-state index contributed by atoms with van der Waals surface area (Å²) in [5.41, 5.74) is 3.60. The van der Waals surface area contributed by atoms with Gasteiger partial charge in [-0.05, 0) is 38.1 Å². The van der Waals surface area contributed by atoms with Gasteiger partial charge in [0.15, 0.2) is 0 Å². The summed E-state index contributed by atoms with van der Waals surface area (Å²) in [7, 11) is 1.74. The molecule has 158 valence electrons. The standard InChI is InChI=1S/C23H27N3O4/c1-4-29-20-12-16-11-15(2)30-21(16)13-17(20)14-24-22(27)9-10-26-19-8-6-5-7-18(19)25(3)23(26)28/h5-8,12-13,15H,4,9-11,14H2,1-3H3,(H,24,27)/t15-/m1/s1. The van der Waals surface area contributed by atoms with Crippen LogP contribution in [0.3, 0.4) is 0 Å². The second-order valence-corrected chi connectivity index (χ2v) is 7.64. The highest BCUT2D eigenvalue weighted by molar-refractivity contribution is 5.78. The molecule has 0 radical (unpaired) electrons. The molecule has 7 heteroatoms. The number of benzene rings is 2. The Labute approximate surface area is 175 Å². The zero-order valence-corrected chi connectivity index (χ0v) is 17.6. The van der Waals surface area contributed by atoms with Crippen molar-refractivity contribution in [1.29, 1.82) is 0 Å². The highest BCUT2D eigenvalue weighted by Gasteiger charge is 2.22. The van der Waals surface area contributed by atoms with Crippen LogP contribution < -0.4 is 20.5 Å². The molecule has 1 atom stereocenters. The fraction of sp³-hybridized carbons (Fsp3) is 0.391. The van der Waals surface area contributed by atoms with E-state index in [0.29, 0.717) is 19.7 Å². The van der Waals surface area contributed by atoms with Crippen LogP contribution in [0.15, 0.2) is 41.2 Å². The molecule has 0 bridgehead atoms. The molecule has 0 saturated heterocycles. The van der Waals surface area contributed by atoms with Crippen LogP contribution in [0, 0.1) is 0 Å². The largest absolute Gasteiger partial charge is 0.494 e. The number of hydrogen-bond donors (Lipinski definition) is 1.